The van der Waals surface area contributed by atoms with E-state index in [1.165, 1.54) is 0 Å². The van der Waals surface area contributed by atoms with E-state index in [4.69, 9.17) is 28.9 Å². The Labute approximate surface area is 179 Å². The van der Waals surface area contributed by atoms with Gasteiger partial charge in [0.25, 0.3) is 5.91 Å². The maximum atomic E-state index is 12.9. The lowest BCUT2D eigenvalue weighted by atomic mass is 10.0. The molecule has 2 amide bonds. The summed E-state index contributed by atoms with van der Waals surface area (Å²) in [7, 11) is 0. The lowest BCUT2D eigenvalue weighted by molar-refractivity contribution is -0.120. The number of nitrogens with zero attached hydrogens (tertiary/aromatic N) is 2. The van der Waals surface area contributed by atoms with Crippen molar-refractivity contribution in [1.29, 1.82) is 0 Å². The van der Waals surface area contributed by atoms with Crippen LogP contribution in [0.3, 0.4) is 0 Å². The molecule has 3 rings (SSSR count). The number of aromatic nitrogens is 2. The van der Waals surface area contributed by atoms with E-state index in [2.05, 4.69) is 10.4 Å². The van der Waals surface area contributed by atoms with Crippen LogP contribution in [0.15, 0.2) is 42.5 Å². The molecule has 3 N–H and O–H groups in total. The van der Waals surface area contributed by atoms with Gasteiger partial charge >= 0.3 is 0 Å². The van der Waals surface area contributed by atoms with Crippen LogP contribution in [0.5, 0.6) is 0 Å². The van der Waals surface area contributed by atoms with E-state index in [0.717, 1.165) is 11.1 Å². The van der Waals surface area contributed by atoms with Crippen molar-refractivity contribution >= 4 is 45.9 Å². The predicted octanol–water partition coefficient (Wildman–Crippen LogP) is 4.02. The van der Waals surface area contributed by atoms with E-state index in [-0.39, 0.29) is 11.6 Å². The molecule has 1 atom stereocenters. The van der Waals surface area contributed by atoms with Gasteiger partial charge in [-0.1, -0.05) is 61.3 Å². The summed E-state index contributed by atoms with van der Waals surface area (Å²) in [5, 5.41) is 8.97. The van der Waals surface area contributed by atoms with Crippen molar-refractivity contribution in [2.24, 2.45) is 11.7 Å². The number of amides is 2. The van der Waals surface area contributed by atoms with Gasteiger partial charge in [-0.15, -0.1) is 0 Å². The number of benzene rings is 2. The highest BCUT2D eigenvalue weighted by molar-refractivity contribution is 6.35. The van der Waals surface area contributed by atoms with Gasteiger partial charge in [-0.05, 0) is 36.1 Å². The maximum absolute atomic E-state index is 12.9. The van der Waals surface area contributed by atoms with E-state index in [1.807, 2.05) is 44.2 Å². The van der Waals surface area contributed by atoms with Crippen LogP contribution in [0, 0.1) is 5.92 Å². The molecule has 29 heavy (non-hydrogen) atoms. The van der Waals surface area contributed by atoms with Gasteiger partial charge in [0.1, 0.15) is 6.04 Å². The topological polar surface area (TPSA) is 90.0 Å². The lowest BCUT2D eigenvalue weighted by Gasteiger charge is -2.16. The van der Waals surface area contributed by atoms with Gasteiger partial charge < -0.3 is 11.1 Å². The highest BCUT2D eigenvalue weighted by Crippen LogP contribution is 2.25. The summed E-state index contributed by atoms with van der Waals surface area (Å²) >= 11 is 12.3. The first-order valence-electron chi connectivity index (χ1n) is 9.26. The summed E-state index contributed by atoms with van der Waals surface area (Å²) < 4.78 is 1.71. The quantitative estimate of drug-likeness (QED) is 0.590. The Balaban J connectivity index is 1.95. The molecular formula is C21H22Cl2N4O2. The smallest absolute Gasteiger partial charge is 0.273 e. The van der Waals surface area contributed by atoms with Gasteiger partial charge in [-0.25, -0.2) is 0 Å². The average molecular weight is 433 g/mol. The van der Waals surface area contributed by atoms with Crippen molar-refractivity contribution in [1.82, 2.24) is 15.1 Å². The first-order chi connectivity index (χ1) is 13.8. The minimum absolute atomic E-state index is 0.203. The molecule has 1 aromatic heterocycles. The second-order valence-corrected chi connectivity index (χ2v) is 8.16. The summed E-state index contributed by atoms with van der Waals surface area (Å²) in [5.41, 5.74) is 7.30. The third-order valence-corrected chi connectivity index (χ3v) is 5.15. The molecule has 6 nitrogen and oxygen atoms in total. The van der Waals surface area contributed by atoms with Gasteiger partial charge in [-0.2, -0.15) is 5.10 Å². The lowest BCUT2D eigenvalue weighted by Crippen LogP contribution is -2.45. The van der Waals surface area contributed by atoms with Crippen molar-refractivity contribution in [3.05, 3.63) is 63.8 Å². The number of hydrogen-bond acceptors (Lipinski definition) is 3. The third kappa shape index (κ3) is 4.89. The van der Waals surface area contributed by atoms with Gasteiger partial charge in [-0.3, -0.25) is 14.3 Å². The standard InChI is InChI=1S/C21H22Cl2N4O2/c1-12(2)9-17(20(24)28)25-21(29)19-15-5-3-4-6-18(15)27(26-19)11-13-7-8-14(22)10-16(13)23/h3-8,10,12,17H,9,11H2,1-2H3,(H2,24,28)(H,25,29)/t17-/m0/s1. The minimum Gasteiger partial charge on any atom is -0.368 e. The number of nitrogens with two attached hydrogens (primary N) is 1. The van der Waals surface area contributed by atoms with E-state index < -0.39 is 17.9 Å². The fraction of sp³-hybridized carbons (Fsp3) is 0.286. The van der Waals surface area contributed by atoms with Crippen LogP contribution in [0.25, 0.3) is 10.9 Å². The number of carbonyl (C=O) groups is 2. The summed E-state index contributed by atoms with van der Waals surface area (Å²) in [5.74, 6) is -0.801. The van der Waals surface area contributed by atoms with Crippen molar-refractivity contribution in [2.75, 3.05) is 0 Å². The zero-order chi connectivity index (χ0) is 21.1. The molecule has 0 fully saturated rings. The van der Waals surface area contributed by atoms with Crippen LogP contribution >= 0.6 is 23.2 Å². The molecule has 0 aliphatic rings. The van der Waals surface area contributed by atoms with Gasteiger partial charge in [0, 0.05) is 15.4 Å². The van der Waals surface area contributed by atoms with Gasteiger partial charge in [0.2, 0.25) is 5.91 Å². The highest BCUT2D eigenvalue weighted by Gasteiger charge is 2.24. The molecule has 0 bridgehead atoms. The van der Waals surface area contributed by atoms with Crippen LogP contribution in [-0.4, -0.2) is 27.6 Å². The maximum Gasteiger partial charge on any atom is 0.273 e. The van der Waals surface area contributed by atoms with Crippen molar-refractivity contribution < 1.29 is 9.59 Å². The Morgan fingerprint density at radius 1 is 1.17 bits per heavy atom. The third-order valence-electron chi connectivity index (χ3n) is 4.56. The summed E-state index contributed by atoms with van der Waals surface area (Å²) in [6.45, 7) is 4.29. The molecule has 0 radical (unpaired) electrons. The predicted molar refractivity (Wildman–Crippen MR) is 115 cm³/mol. The summed E-state index contributed by atoms with van der Waals surface area (Å²) in [6, 6.07) is 11.9. The molecule has 3 aromatic rings. The van der Waals surface area contributed by atoms with Crippen LogP contribution in [-0.2, 0) is 11.3 Å². The van der Waals surface area contributed by atoms with E-state index in [0.29, 0.717) is 28.4 Å². The van der Waals surface area contributed by atoms with Crippen LogP contribution < -0.4 is 11.1 Å². The average Bonchev–Trinajstić information content (AvgIpc) is 3.02. The van der Waals surface area contributed by atoms with Crippen molar-refractivity contribution in [2.45, 2.75) is 32.9 Å². The number of halogens is 2. The van der Waals surface area contributed by atoms with E-state index >= 15 is 0 Å². The molecule has 0 aliphatic heterocycles. The number of carbonyl (C=O) groups excluding carboxylic acids is 2. The number of primary amides is 1. The normalized spacial score (nSPS) is 12.3. The van der Waals surface area contributed by atoms with Crippen molar-refractivity contribution in [3.63, 3.8) is 0 Å². The van der Waals surface area contributed by atoms with Crippen molar-refractivity contribution in [3.8, 4) is 0 Å². The molecule has 1 heterocycles. The fourth-order valence-corrected chi connectivity index (χ4v) is 3.64. The minimum atomic E-state index is -0.753. The molecule has 152 valence electrons. The molecule has 0 unspecified atom stereocenters. The Kier molecular flexibility index (Phi) is 6.45. The molecular weight excluding hydrogens is 411 g/mol. The van der Waals surface area contributed by atoms with Crippen LogP contribution in [0.1, 0.15) is 36.3 Å². The summed E-state index contributed by atoms with van der Waals surface area (Å²) in [6.07, 6.45) is 0.458. The Morgan fingerprint density at radius 2 is 1.90 bits per heavy atom. The molecule has 2 aromatic carbocycles. The fourth-order valence-electron chi connectivity index (χ4n) is 3.17. The zero-order valence-electron chi connectivity index (χ0n) is 16.2. The largest absolute Gasteiger partial charge is 0.368 e. The monoisotopic (exact) mass is 432 g/mol. The molecule has 8 heteroatoms. The second kappa shape index (κ2) is 8.84. The highest BCUT2D eigenvalue weighted by atomic mass is 35.5. The summed E-state index contributed by atoms with van der Waals surface area (Å²) in [4.78, 5) is 24.6. The Hall–Kier alpha value is -2.57. The molecule has 0 saturated heterocycles. The van der Waals surface area contributed by atoms with Gasteiger partial charge in [0.05, 0.1) is 12.1 Å². The number of nitrogens with one attached hydrogen (secondary N) is 1. The number of para-hydroxylation sites is 1. The van der Waals surface area contributed by atoms with E-state index in [1.54, 1.807) is 16.8 Å². The number of rotatable bonds is 7. The first kappa shape index (κ1) is 21.1. The van der Waals surface area contributed by atoms with E-state index in [9.17, 15) is 9.59 Å². The number of fused-ring (bicyclic) bond motifs is 1. The van der Waals surface area contributed by atoms with Gasteiger partial charge in [0.15, 0.2) is 5.69 Å². The second-order valence-electron chi connectivity index (χ2n) is 7.32. The molecule has 0 spiro atoms. The zero-order valence-corrected chi connectivity index (χ0v) is 17.7. The number of hydrogen-bond donors (Lipinski definition) is 2. The Bertz CT molecular complexity index is 1060. The Morgan fingerprint density at radius 3 is 2.55 bits per heavy atom. The van der Waals surface area contributed by atoms with Crippen LogP contribution in [0.2, 0.25) is 10.0 Å². The SMILES string of the molecule is CC(C)C[C@H](NC(=O)c1nn(Cc2ccc(Cl)cc2Cl)c2ccccc12)C(N)=O. The molecule has 0 aliphatic carbocycles. The molecule has 0 saturated carbocycles. The first-order valence-corrected chi connectivity index (χ1v) is 10.0. The van der Waals surface area contributed by atoms with Crippen LogP contribution in [0.4, 0.5) is 0 Å².